The Kier molecular flexibility index (Phi) is 3.52. The van der Waals surface area contributed by atoms with E-state index in [-0.39, 0.29) is 5.92 Å². The molecule has 122 valence electrons. The minimum absolute atomic E-state index is 0.278. The number of piperazine rings is 1. The van der Waals surface area contributed by atoms with Gasteiger partial charge in [0, 0.05) is 49.0 Å². The second-order valence-corrected chi connectivity index (χ2v) is 6.66. The van der Waals surface area contributed by atoms with E-state index in [1.165, 1.54) is 18.7 Å². The largest absolute Gasteiger partial charge is 0.368 e. The number of halogens is 1. The van der Waals surface area contributed by atoms with Gasteiger partial charge in [0.25, 0.3) is 0 Å². The zero-order chi connectivity index (χ0) is 16.0. The molecule has 2 bridgehead atoms. The van der Waals surface area contributed by atoms with E-state index in [2.05, 4.69) is 38.8 Å². The smallest absolute Gasteiger partial charge is 0.240 e. The van der Waals surface area contributed by atoms with Crippen molar-refractivity contribution >= 4 is 5.69 Å². The first kappa shape index (κ1) is 14.6. The van der Waals surface area contributed by atoms with E-state index in [4.69, 9.17) is 4.52 Å². The molecular weight excluding hydrogens is 297 g/mol. The van der Waals surface area contributed by atoms with Gasteiger partial charge in [-0.15, -0.1) is 0 Å². The molecule has 6 nitrogen and oxygen atoms in total. The van der Waals surface area contributed by atoms with Crippen LogP contribution in [0.1, 0.15) is 37.9 Å². The third-order valence-electron chi connectivity index (χ3n) is 4.74. The van der Waals surface area contributed by atoms with Crippen molar-refractivity contribution < 1.29 is 8.91 Å². The van der Waals surface area contributed by atoms with Crippen LogP contribution in [0.2, 0.25) is 0 Å². The summed E-state index contributed by atoms with van der Waals surface area (Å²) in [5.74, 6) is 1.30. The van der Waals surface area contributed by atoms with Crippen molar-refractivity contribution in [3.8, 4) is 0 Å². The van der Waals surface area contributed by atoms with E-state index in [1.807, 2.05) is 6.07 Å². The molecular formula is C16H20FN5O. The summed E-state index contributed by atoms with van der Waals surface area (Å²) in [4.78, 5) is 12.7. The number of nitrogens with zero attached hydrogens (tertiary/aromatic N) is 5. The normalized spacial score (nSPS) is 24.1. The van der Waals surface area contributed by atoms with Crippen LogP contribution in [0.15, 0.2) is 22.9 Å². The van der Waals surface area contributed by atoms with Crippen LogP contribution >= 0.6 is 0 Å². The lowest BCUT2D eigenvalue weighted by atomic mass is 9.87. The summed E-state index contributed by atoms with van der Waals surface area (Å²) in [7, 11) is 0. The van der Waals surface area contributed by atoms with Crippen LogP contribution in [0, 0.1) is 5.95 Å². The second kappa shape index (κ2) is 5.56. The summed E-state index contributed by atoms with van der Waals surface area (Å²) in [5.41, 5.74) is 0.909. The van der Waals surface area contributed by atoms with Gasteiger partial charge in [-0.1, -0.05) is 19.0 Å². The molecule has 7 heteroatoms. The molecule has 0 radical (unpaired) electrons. The Morgan fingerprint density at radius 3 is 2.78 bits per heavy atom. The first-order chi connectivity index (χ1) is 11.1. The lowest BCUT2D eigenvalue weighted by Crippen LogP contribution is -2.68. The highest BCUT2D eigenvalue weighted by atomic mass is 19.1. The SMILES string of the molecule is CC(C)c1noc(CN2C3CC2CN(c2ccnc(F)c2)C3)n1. The number of hydrogen-bond donors (Lipinski definition) is 0. The monoisotopic (exact) mass is 317 g/mol. The summed E-state index contributed by atoms with van der Waals surface area (Å²) in [6.45, 7) is 6.60. The van der Waals surface area contributed by atoms with Crippen LogP contribution in [0.25, 0.3) is 0 Å². The van der Waals surface area contributed by atoms with E-state index >= 15 is 0 Å². The molecule has 0 aromatic carbocycles. The molecule has 0 saturated carbocycles. The molecule has 3 fully saturated rings. The Hall–Kier alpha value is -2.02. The van der Waals surface area contributed by atoms with Crippen LogP contribution in [0.3, 0.4) is 0 Å². The average Bonchev–Trinajstić information content (AvgIpc) is 3.02. The fraction of sp³-hybridized carbons (Fsp3) is 0.562. The van der Waals surface area contributed by atoms with Crippen molar-refractivity contribution in [2.75, 3.05) is 18.0 Å². The average molecular weight is 317 g/mol. The number of rotatable bonds is 4. The van der Waals surface area contributed by atoms with Crippen LogP contribution < -0.4 is 4.90 Å². The Morgan fingerprint density at radius 2 is 2.13 bits per heavy atom. The Balaban J connectivity index is 1.41. The molecule has 5 heterocycles. The number of hydrogen-bond acceptors (Lipinski definition) is 6. The molecule has 0 aliphatic carbocycles. The predicted molar refractivity (Wildman–Crippen MR) is 82.5 cm³/mol. The third kappa shape index (κ3) is 2.69. The summed E-state index contributed by atoms with van der Waals surface area (Å²) in [6.07, 6.45) is 2.70. The molecule has 3 aliphatic rings. The van der Waals surface area contributed by atoms with Gasteiger partial charge < -0.3 is 9.42 Å². The maximum atomic E-state index is 13.3. The van der Waals surface area contributed by atoms with Crippen LogP contribution in [-0.4, -0.2) is 45.2 Å². The van der Waals surface area contributed by atoms with Crippen molar-refractivity contribution in [3.63, 3.8) is 0 Å². The number of anilines is 1. The van der Waals surface area contributed by atoms with Crippen molar-refractivity contribution in [1.29, 1.82) is 0 Å². The molecule has 2 aromatic rings. The van der Waals surface area contributed by atoms with Gasteiger partial charge in [0.05, 0.1) is 6.54 Å². The van der Waals surface area contributed by atoms with E-state index < -0.39 is 5.95 Å². The topological polar surface area (TPSA) is 58.3 Å². The highest BCUT2D eigenvalue weighted by Gasteiger charge is 2.45. The highest BCUT2D eigenvalue weighted by Crippen LogP contribution is 2.35. The standard InChI is InChI=1S/C16H20FN5O/c1-10(2)16-19-15(23-20-16)9-22-12-5-13(22)8-21(7-12)11-3-4-18-14(17)6-11/h3-4,6,10,12-13H,5,7-9H2,1-2H3. The van der Waals surface area contributed by atoms with Crippen molar-refractivity contribution in [2.45, 2.75) is 44.8 Å². The van der Waals surface area contributed by atoms with E-state index in [0.29, 0.717) is 24.5 Å². The minimum atomic E-state index is -0.425. The van der Waals surface area contributed by atoms with Crippen LogP contribution in [-0.2, 0) is 6.54 Å². The Labute approximate surface area is 134 Å². The Bertz CT molecular complexity index is 691. The first-order valence-electron chi connectivity index (χ1n) is 8.05. The summed E-state index contributed by atoms with van der Waals surface area (Å²) in [6, 6.07) is 4.28. The molecule has 3 aliphatic heterocycles. The number of pyridine rings is 1. The maximum absolute atomic E-state index is 13.3. The zero-order valence-electron chi connectivity index (χ0n) is 13.3. The van der Waals surface area contributed by atoms with Crippen molar-refractivity contribution in [2.24, 2.45) is 0 Å². The molecule has 23 heavy (non-hydrogen) atoms. The lowest BCUT2D eigenvalue weighted by molar-refractivity contribution is -0.0160. The van der Waals surface area contributed by atoms with Gasteiger partial charge >= 0.3 is 0 Å². The number of fused-ring (bicyclic) bond motifs is 2. The fourth-order valence-corrected chi connectivity index (χ4v) is 3.47. The minimum Gasteiger partial charge on any atom is -0.368 e. The van der Waals surface area contributed by atoms with E-state index in [0.717, 1.165) is 24.6 Å². The summed E-state index contributed by atoms with van der Waals surface area (Å²) >= 11 is 0. The molecule has 5 rings (SSSR count). The van der Waals surface area contributed by atoms with Gasteiger partial charge in [0.1, 0.15) is 0 Å². The summed E-state index contributed by atoms with van der Waals surface area (Å²) < 4.78 is 18.6. The van der Waals surface area contributed by atoms with E-state index in [1.54, 1.807) is 0 Å². The number of aromatic nitrogens is 3. The summed E-state index contributed by atoms with van der Waals surface area (Å²) in [5, 5.41) is 4.02. The quantitative estimate of drug-likeness (QED) is 0.806. The number of piperidine rings is 1. The van der Waals surface area contributed by atoms with Gasteiger partial charge in [-0.25, -0.2) is 4.98 Å². The highest BCUT2D eigenvalue weighted by molar-refractivity contribution is 5.47. The van der Waals surface area contributed by atoms with Crippen molar-refractivity contribution in [3.05, 3.63) is 36.0 Å². The van der Waals surface area contributed by atoms with E-state index in [9.17, 15) is 4.39 Å². The van der Waals surface area contributed by atoms with Gasteiger partial charge in [0.15, 0.2) is 5.82 Å². The van der Waals surface area contributed by atoms with Gasteiger partial charge in [0.2, 0.25) is 11.8 Å². The molecule has 0 spiro atoms. The molecule has 2 atom stereocenters. The molecule has 2 aromatic heterocycles. The fourth-order valence-electron chi connectivity index (χ4n) is 3.47. The van der Waals surface area contributed by atoms with Crippen LogP contribution in [0.5, 0.6) is 0 Å². The lowest BCUT2D eigenvalue weighted by Gasteiger charge is -2.56. The predicted octanol–water partition coefficient (Wildman–Crippen LogP) is 2.19. The van der Waals surface area contributed by atoms with Gasteiger partial charge in [-0.2, -0.15) is 9.37 Å². The van der Waals surface area contributed by atoms with Crippen LogP contribution in [0.4, 0.5) is 10.1 Å². The second-order valence-electron chi connectivity index (χ2n) is 6.66. The molecule has 2 unspecified atom stereocenters. The molecule has 0 amide bonds. The Morgan fingerprint density at radius 1 is 1.35 bits per heavy atom. The zero-order valence-corrected chi connectivity index (χ0v) is 13.3. The van der Waals surface area contributed by atoms with Gasteiger partial charge in [-0.05, 0) is 12.5 Å². The van der Waals surface area contributed by atoms with Gasteiger partial charge in [-0.3, -0.25) is 4.90 Å². The molecule has 3 saturated heterocycles. The maximum Gasteiger partial charge on any atom is 0.240 e. The third-order valence-corrected chi connectivity index (χ3v) is 4.74. The molecule has 0 N–H and O–H groups in total. The van der Waals surface area contributed by atoms with Crippen molar-refractivity contribution in [1.82, 2.24) is 20.0 Å². The first-order valence-corrected chi connectivity index (χ1v) is 8.05.